The number of carbonyl (C=O) groups is 1. The van der Waals surface area contributed by atoms with E-state index in [1.807, 2.05) is 31.2 Å². The van der Waals surface area contributed by atoms with E-state index in [2.05, 4.69) is 48.3 Å². The van der Waals surface area contributed by atoms with E-state index in [0.29, 0.717) is 23.5 Å². The number of benzene rings is 1. The molecular formula is C19H26N4O. The number of nitrogens with zero attached hydrogens (tertiary/aromatic N) is 2. The lowest BCUT2D eigenvalue weighted by Crippen LogP contribution is -2.17. The maximum atomic E-state index is 12.4. The van der Waals surface area contributed by atoms with E-state index in [0.717, 1.165) is 17.9 Å². The molecule has 1 aromatic heterocycles. The van der Waals surface area contributed by atoms with Gasteiger partial charge in [0.1, 0.15) is 5.69 Å². The van der Waals surface area contributed by atoms with Crippen molar-refractivity contribution in [3.63, 3.8) is 0 Å². The second-order valence-electron chi connectivity index (χ2n) is 6.72. The van der Waals surface area contributed by atoms with Gasteiger partial charge in [-0.25, -0.2) is 9.97 Å². The van der Waals surface area contributed by atoms with E-state index in [-0.39, 0.29) is 5.91 Å². The van der Waals surface area contributed by atoms with Gasteiger partial charge < -0.3 is 10.6 Å². The summed E-state index contributed by atoms with van der Waals surface area (Å²) in [6.45, 7) is 11.1. The Morgan fingerprint density at radius 3 is 2.33 bits per heavy atom. The van der Waals surface area contributed by atoms with Crippen LogP contribution < -0.4 is 10.6 Å². The average molecular weight is 326 g/mol. The quantitative estimate of drug-likeness (QED) is 0.833. The molecule has 0 atom stereocenters. The molecule has 0 radical (unpaired) electrons. The number of rotatable bonds is 6. The minimum Gasteiger partial charge on any atom is -0.354 e. The van der Waals surface area contributed by atoms with Gasteiger partial charge in [-0.1, -0.05) is 39.8 Å². The van der Waals surface area contributed by atoms with Gasteiger partial charge in [-0.3, -0.25) is 4.79 Å². The van der Waals surface area contributed by atoms with E-state index < -0.39 is 0 Å². The summed E-state index contributed by atoms with van der Waals surface area (Å²) in [6.07, 6.45) is 0. The molecule has 0 saturated heterocycles. The van der Waals surface area contributed by atoms with Crippen molar-refractivity contribution in [1.29, 1.82) is 0 Å². The molecule has 5 nitrogen and oxygen atoms in total. The minimum atomic E-state index is -0.231. The molecule has 0 unspecified atom stereocenters. The van der Waals surface area contributed by atoms with Gasteiger partial charge in [0, 0.05) is 17.9 Å². The zero-order valence-corrected chi connectivity index (χ0v) is 15.1. The molecule has 128 valence electrons. The van der Waals surface area contributed by atoms with Crippen molar-refractivity contribution < 1.29 is 4.79 Å². The van der Waals surface area contributed by atoms with Crippen LogP contribution in [0.4, 0.5) is 11.6 Å². The van der Waals surface area contributed by atoms with Crippen LogP contribution in [-0.2, 0) is 0 Å². The maximum Gasteiger partial charge on any atom is 0.274 e. The summed E-state index contributed by atoms with van der Waals surface area (Å²) in [5.41, 5.74) is 3.13. The molecule has 2 rings (SSSR count). The van der Waals surface area contributed by atoms with Crippen LogP contribution in [0.25, 0.3) is 0 Å². The molecule has 0 spiro atoms. The van der Waals surface area contributed by atoms with Gasteiger partial charge in [0.25, 0.3) is 5.91 Å². The van der Waals surface area contributed by atoms with Gasteiger partial charge in [0.2, 0.25) is 5.95 Å². The molecule has 1 heterocycles. The lowest BCUT2D eigenvalue weighted by Gasteiger charge is -2.11. The molecule has 0 saturated carbocycles. The Labute approximate surface area is 143 Å². The van der Waals surface area contributed by atoms with Crippen LogP contribution in [0.5, 0.6) is 0 Å². The van der Waals surface area contributed by atoms with Gasteiger partial charge in [0.15, 0.2) is 0 Å². The molecule has 1 aromatic carbocycles. The van der Waals surface area contributed by atoms with E-state index in [9.17, 15) is 4.79 Å². The number of hydrogen-bond donors (Lipinski definition) is 2. The summed E-state index contributed by atoms with van der Waals surface area (Å²) in [7, 11) is 0. The topological polar surface area (TPSA) is 66.9 Å². The molecule has 1 amide bonds. The van der Waals surface area contributed by atoms with E-state index in [1.54, 1.807) is 6.07 Å². The molecule has 0 bridgehead atoms. The molecule has 0 aliphatic heterocycles. The standard InChI is InChI=1S/C19H26N4O/c1-12(2)11-20-19-21-14(5)10-17(23-19)18(24)22-16-8-6-15(7-9-16)13(3)4/h6-10,12-13H,11H2,1-5H3,(H,22,24)(H,20,21,23). The van der Waals surface area contributed by atoms with Gasteiger partial charge >= 0.3 is 0 Å². The van der Waals surface area contributed by atoms with E-state index >= 15 is 0 Å². The van der Waals surface area contributed by atoms with Crippen molar-refractivity contribution in [2.75, 3.05) is 17.2 Å². The number of carbonyl (C=O) groups excluding carboxylic acids is 1. The van der Waals surface area contributed by atoms with Crippen molar-refractivity contribution in [1.82, 2.24) is 9.97 Å². The molecule has 0 aliphatic rings. The first-order valence-electron chi connectivity index (χ1n) is 8.36. The first-order valence-corrected chi connectivity index (χ1v) is 8.36. The third-order valence-electron chi connectivity index (χ3n) is 3.59. The Balaban J connectivity index is 2.11. The van der Waals surface area contributed by atoms with Crippen molar-refractivity contribution in [2.24, 2.45) is 5.92 Å². The molecule has 5 heteroatoms. The Morgan fingerprint density at radius 2 is 1.75 bits per heavy atom. The molecule has 2 N–H and O–H groups in total. The number of nitrogens with one attached hydrogen (secondary N) is 2. The second-order valence-corrected chi connectivity index (χ2v) is 6.72. The third-order valence-corrected chi connectivity index (χ3v) is 3.59. The normalized spacial score (nSPS) is 11.0. The monoisotopic (exact) mass is 326 g/mol. The van der Waals surface area contributed by atoms with Gasteiger partial charge in [-0.15, -0.1) is 0 Å². The summed E-state index contributed by atoms with van der Waals surface area (Å²) >= 11 is 0. The summed E-state index contributed by atoms with van der Waals surface area (Å²) in [5, 5.41) is 6.05. The van der Waals surface area contributed by atoms with Crippen LogP contribution >= 0.6 is 0 Å². The predicted molar refractivity (Wildman–Crippen MR) is 98.6 cm³/mol. The molecule has 24 heavy (non-hydrogen) atoms. The predicted octanol–water partition coefficient (Wildman–Crippen LogP) is 4.23. The van der Waals surface area contributed by atoms with Crippen LogP contribution in [0, 0.1) is 12.8 Å². The Kier molecular flexibility index (Phi) is 5.90. The van der Waals surface area contributed by atoms with Crippen LogP contribution in [0.1, 0.15) is 55.4 Å². The van der Waals surface area contributed by atoms with Gasteiger partial charge in [-0.2, -0.15) is 0 Å². The fraction of sp³-hybridized carbons (Fsp3) is 0.421. The number of amides is 1. The van der Waals surface area contributed by atoms with Crippen molar-refractivity contribution in [3.8, 4) is 0 Å². The Bertz CT molecular complexity index is 693. The highest BCUT2D eigenvalue weighted by Gasteiger charge is 2.11. The summed E-state index contributed by atoms with van der Waals surface area (Å²) in [6, 6.07) is 9.58. The minimum absolute atomic E-state index is 0.231. The fourth-order valence-electron chi connectivity index (χ4n) is 2.21. The highest BCUT2D eigenvalue weighted by atomic mass is 16.1. The second kappa shape index (κ2) is 7.90. The number of aromatic nitrogens is 2. The lowest BCUT2D eigenvalue weighted by atomic mass is 10.0. The number of aryl methyl sites for hydroxylation is 1. The summed E-state index contributed by atoms with van der Waals surface area (Å²) in [5.74, 6) is 1.20. The SMILES string of the molecule is Cc1cc(C(=O)Nc2ccc(C(C)C)cc2)nc(NCC(C)C)n1. The fourth-order valence-corrected chi connectivity index (χ4v) is 2.21. The average Bonchev–Trinajstić information content (AvgIpc) is 2.53. The number of hydrogen-bond acceptors (Lipinski definition) is 4. The van der Waals surface area contributed by atoms with Crippen LogP contribution in [0.2, 0.25) is 0 Å². The first-order chi connectivity index (χ1) is 11.3. The van der Waals surface area contributed by atoms with E-state index in [1.165, 1.54) is 5.56 Å². The number of anilines is 2. The zero-order chi connectivity index (χ0) is 17.7. The van der Waals surface area contributed by atoms with Crippen molar-refractivity contribution >= 4 is 17.5 Å². The zero-order valence-electron chi connectivity index (χ0n) is 15.1. The molecule has 0 aliphatic carbocycles. The van der Waals surface area contributed by atoms with Crippen LogP contribution in [0.3, 0.4) is 0 Å². The lowest BCUT2D eigenvalue weighted by molar-refractivity contribution is 0.102. The highest BCUT2D eigenvalue weighted by Crippen LogP contribution is 2.17. The van der Waals surface area contributed by atoms with Crippen LogP contribution in [-0.4, -0.2) is 22.4 Å². The molecule has 2 aromatic rings. The highest BCUT2D eigenvalue weighted by molar-refractivity contribution is 6.03. The van der Waals surface area contributed by atoms with Gasteiger partial charge in [-0.05, 0) is 42.5 Å². The summed E-state index contributed by atoms with van der Waals surface area (Å²) in [4.78, 5) is 21.1. The van der Waals surface area contributed by atoms with E-state index in [4.69, 9.17) is 0 Å². The molecular weight excluding hydrogens is 300 g/mol. The smallest absolute Gasteiger partial charge is 0.274 e. The third kappa shape index (κ3) is 5.05. The van der Waals surface area contributed by atoms with Crippen LogP contribution in [0.15, 0.2) is 30.3 Å². The largest absolute Gasteiger partial charge is 0.354 e. The Hall–Kier alpha value is -2.43. The Morgan fingerprint density at radius 1 is 1.08 bits per heavy atom. The maximum absolute atomic E-state index is 12.4. The van der Waals surface area contributed by atoms with Gasteiger partial charge in [0.05, 0.1) is 0 Å². The van der Waals surface area contributed by atoms with Crippen molar-refractivity contribution in [2.45, 2.75) is 40.5 Å². The first kappa shape index (κ1) is 17.9. The molecule has 0 fully saturated rings. The van der Waals surface area contributed by atoms with Crippen molar-refractivity contribution in [3.05, 3.63) is 47.3 Å². The summed E-state index contributed by atoms with van der Waals surface area (Å²) < 4.78 is 0.